The molecule has 1 aliphatic rings. The molecule has 31 heavy (non-hydrogen) atoms. The summed E-state index contributed by atoms with van der Waals surface area (Å²) in [6, 6.07) is 10.6. The normalized spacial score (nSPS) is 19.4. The van der Waals surface area contributed by atoms with Crippen molar-refractivity contribution in [3.63, 3.8) is 0 Å². The van der Waals surface area contributed by atoms with Crippen molar-refractivity contribution in [3.05, 3.63) is 70.8 Å². The van der Waals surface area contributed by atoms with Gasteiger partial charge in [-0.2, -0.15) is 0 Å². The standard InChI is InChI=1S/C22H27F2N5O2/c1-22(2,3)27-21(26-20(31)15-8-9-16(23)17(24)10-15)25-19-11-18(28-29-19)14-6-4-13(12-30)5-7-14/h4-10,18-19,28-30H,11-12H2,1-3H3,(H2,25,26,27,31). The van der Waals surface area contributed by atoms with Gasteiger partial charge in [-0.3, -0.25) is 10.1 Å². The molecular weight excluding hydrogens is 404 g/mol. The van der Waals surface area contributed by atoms with Crippen molar-refractivity contribution in [2.75, 3.05) is 0 Å². The molecule has 1 saturated heterocycles. The van der Waals surface area contributed by atoms with Crippen molar-refractivity contribution in [2.24, 2.45) is 4.99 Å². The van der Waals surface area contributed by atoms with E-state index in [1.165, 1.54) is 6.07 Å². The second kappa shape index (κ2) is 9.51. The van der Waals surface area contributed by atoms with E-state index in [2.05, 4.69) is 26.5 Å². The number of hydrogen-bond donors (Lipinski definition) is 5. The largest absolute Gasteiger partial charge is 0.392 e. The zero-order valence-electron chi connectivity index (χ0n) is 17.7. The van der Waals surface area contributed by atoms with Crippen molar-refractivity contribution in [1.82, 2.24) is 21.5 Å². The van der Waals surface area contributed by atoms with Gasteiger partial charge in [-0.05, 0) is 50.1 Å². The molecule has 2 aromatic rings. The Balaban J connectivity index is 1.73. The van der Waals surface area contributed by atoms with E-state index in [1.807, 2.05) is 45.0 Å². The third kappa shape index (κ3) is 6.30. The van der Waals surface area contributed by atoms with Gasteiger partial charge in [0.25, 0.3) is 5.91 Å². The molecule has 2 atom stereocenters. The number of carbonyl (C=O) groups excluding carboxylic acids is 1. The Morgan fingerprint density at radius 1 is 1.13 bits per heavy atom. The molecule has 166 valence electrons. The van der Waals surface area contributed by atoms with Crippen LogP contribution in [0, 0.1) is 11.6 Å². The fourth-order valence-corrected chi connectivity index (χ4v) is 3.12. The predicted molar refractivity (Wildman–Crippen MR) is 114 cm³/mol. The van der Waals surface area contributed by atoms with E-state index in [0.29, 0.717) is 6.42 Å². The zero-order valence-corrected chi connectivity index (χ0v) is 17.7. The number of aliphatic hydroxyl groups is 1. The van der Waals surface area contributed by atoms with Gasteiger partial charge in [0.2, 0.25) is 0 Å². The van der Waals surface area contributed by atoms with E-state index in [1.54, 1.807) is 0 Å². The minimum Gasteiger partial charge on any atom is -0.392 e. The molecule has 1 aliphatic heterocycles. The van der Waals surface area contributed by atoms with Crippen LogP contribution in [0.2, 0.25) is 0 Å². The molecule has 1 heterocycles. The molecule has 9 heteroatoms. The van der Waals surface area contributed by atoms with Crippen molar-refractivity contribution in [2.45, 2.75) is 51.5 Å². The maximum Gasteiger partial charge on any atom is 0.258 e. The van der Waals surface area contributed by atoms with E-state index >= 15 is 0 Å². The molecule has 0 spiro atoms. The summed E-state index contributed by atoms with van der Waals surface area (Å²) in [7, 11) is 0. The molecule has 2 unspecified atom stereocenters. The number of hydrazine groups is 1. The quantitative estimate of drug-likeness (QED) is 0.379. The number of nitrogens with one attached hydrogen (secondary N) is 4. The van der Waals surface area contributed by atoms with Crippen molar-refractivity contribution < 1.29 is 18.7 Å². The molecule has 0 saturated carbocycles. The van der Waals surface area contributed by atoms with E-state index in [9.17, 15) is 18.7 Å². The van der Waals surface area contributed by atoms with Crippen LogP contribution >= 0.6 is 0 Å². The number of rotatable bonds is 4. The van der Waals surface area contributed by atoms with Gasteiger partial charge in [0.05, 0.1) is 6.61 Å². The van der Waals surface area contributed by atoms with Crippen molar-refractivity contribution >= 4 is 11.9 Å². The Morgan fingerprint density at radius 3 is 2.45 bits per heavy atom. The Morgan fingerprint density at radius 2 is 1.84 bits per heavy atom. The average molecular weight is 431 g/mol. The van der Waals surface area contributed by atoms with Gasteiger partial charge in [-0.25, -0.2) is 24.6 Å². The molecule has 2 aromatic carbocycles. The summed E-state index contributed by atoms with van der Waals surface area (Å²) in [5, 5.41) is 15.0. The Hall–Kier alpha value is -2.88. The lowest BCUT2D eigenvalue weighted by atomic mass is 10.0. The highest BCUT2D eigenvalue weighted by atomic mass is 19.2. The Bertz CT molecular complexity index is 957. The number of aliphatic imine (C=N–C) groups is 1. The minimum atomic E-state index is -1.09. The summed E-state index contributed by atoms with van der Waals surface area (Å²) in [5.41, 5.74) is 7.73. The minimum absolute atomic E-state index is 0.000671. The molecule has 0 bridgehead atoms. The number of halogens is 2. The van der Waals surface area contributed by atoms with Crippen LogP contribution in [-0.4, -0.2) is 28.7 Å². The van der Waals surface area contributed by atoms with Crippen LogP contribution in [0.5, 0.6) is 0 Å². The first-order chi connectivity index (χ1) is 14.6. The highest BCUT2D eigenvalue weighted by molar-refractivity contribution is 6.05. The molecule has 7 nitrogen and oxygen atoms in total. The van der Waals surface area contributed by atoms with E-state index < -0.39 is 23.1 Å². The van der Waals surface area contributed by atoms with Crippen LogP contribution < -0.4 is 21.5 Å². The average Bonchev–Trinajstić information content (AvgIpc) is 3.17. The second-order valence-electron chi connectivity index (χ2n) is 8.43. The number of benzene rings is 2. The second-order valence-corrected chi connectivity index (χ2v) is 8.43. The lowest BCUT2D eigenvalue weighted by molar-refractivity contribution is 0.0974. The summed E-state index contributed by atoms with van der Waals surface area (Å²) in [4.78, 5) is 17.1. The highest BCUT2D eigenvalue weighted by Crippen LogP contribution is 2.23. The van der Waals surface area contributed by atoms with Gasteiger partial charge in [0.15, 0.2) is 17.6 Å². The van der Waals surface area contributed by atoms with E-state index in [4.69, 9.17) is 0 Å². The summed E-state index contributed by atoms with van der Waals surface area (Å²) in [5.74, 6) is -2.49. The van der Waals surface area contributed by atoms with Crippen LogP contribution in [0.25, 0.3) is 0 Å². The first-order valence-corrected chi connectivity index (χ1v) is 9.98. The molecule has 1 amide bonds. The molecular formula is C22H27F2N5O2. The number of amides is 1. The number of nitrogens with zero attached hydrogens (tertiary/aromatic N) is 1. The topological polar surface area (TPSA) is 97.8 Å². The number of aliphatic hydroxyl groups excluding tert-OH is 1. The number of guanidine groups is 1. The van der Waals surface area contributed by atoms with Crippen LogP contribution in [0.4, 0.5) is 8.78 Å². The molecule has 1 fully saturated rings. The van der Waals surface area contributed by atoms with E-state index in [0.717, 1.165) is 23.3 Å². The van der Waals surface area contributed by atoms with Crippen LogP contribution in [0.15, 0.2) is 47.5 Å². The lowest BCUT2D eigenvalue weighted by Crippen LogP contribution is -2.50. The Kier molecular flexibility index (Phi) is 6.99. The van der Waals surface area contributed by atoms with Crippen LogP contribution in [0.1, 0.15) is 54.7 Å². The fraction of sp³-hybridized carbons (Fsp3) is 0.364. The van der Waals surface area contributed by atoms with Crippen molar-refractivity contribution in [3.8, 4) is 0 Å². The van der Waals surface area contributed by atoms with Gasteiger partial charge in [-0.1, -0.05) is 24.3 Å². The van der Waals surface area contributed by atoms with Crippen molar-refractivity contribution in [1.29, 1.82) is 0 Å². The SMILES string of the molecule is CC(C)(C)NC(=NC1CC(c2ccc(CO)cc2)NN1)NC(=O)c1ccc(F)c(F)c1. The predicted octanol–water partition coefficient (Wildman–Crippen LogP) is 2.50. The number of hydrogen-bond acceptors (Lipinski definition) is 5. The summed E-state index contributed by atoms with van der Waals surface area (Å²) in [6.07, 6.45) is 0.284. The molecule has 0 aliphatic carbocycles. The van der Waals surface area contributed by atoms with Gasteiger partial charge in [0.1, 0.15) is 6.17 Å². The highest BCUT2D eigenvalue weighted by Gasteiger charge is 2.26. The zero-order chi connectivity index (χ0) is 22.6. The number of carbonyl (C=O) groups is 1. The maximum absolute atomic E-state index is 13.5. The summed E-state index contributed by atoms with van der Waals surface area (Å²) >= 11 is 0. The summed E-state index contributed by atoms with van der Waals surface area (Å²) < 4.78 is 26.7. The van der Waals surface area contributed by atoms with Crippen LogP contribution in [0.3, 0.4) is 0 Å². The fourth-order valence-electron chi connectivity index (χ4n) is 3.12. The van der Waals surface area contributed by atoms with Gasteiger partial charge in [0, 0.05) is 23.6 Å². The maximum atomic E-state index is 13.5. The van der Waals surface area contributed by atoms with Gasteiger partial charge in [-0.15, -0.1) is 0 Å². The summed E-state index contributed by atoms with van der Waals surface area (Å²) in [6.45, 7) is 5.73. The first-order valence-electron chi connectivity index (χ1n) is 9.98. The van der Waals surface area contributed by atoms with Gasteiger partial charge >= 0.3 is 0 Å². The van der Waals surface area contributed by atoms with Gasteiger partial charge < -0.3 is 10.4 Å². The van der Waals surface area contributed by atoms with Crippen LogP contribution in [-0.2, 0) is 6.61 Å². The molecule has 3 rings (SSSR count). The third-order valence-corrected chi connectivity index (χ3v) is 4.64. The first kappa shape index (κ1) is 22.8. The van der Waals surface area contributed by atoms with E-state index in [-0.39, 0.29) is 30.3 Å². The monoisotopic (exact) mass is 431 g/mol. The molecule has 0 aromatic heterocycles. The smallest absolute Gasteiger partial charge is 0.258 e. The Labute approximate surface area is 179 Å². The molecule has 0 radical (unpaired) electrons. The molecule has 5 N–H and O–H groups in total. The third-order valence-electron chi connectivity index (χ3n) is 4.64. The lowest BCUT2D eigenvalue weighted by Gasteiger charge is -2.24.